The molecule has 0 aromatic heterocycles. The summed E-state index contributed by atoms with van der Waals surface area (Å²) in [6.07, 6.45) is -0.166. The van der Waals surface area contributed by atoms with Gasteiger partial charge < -0.3 is 9.84 Å². The minimum atomic E-state index is -0.233. The highest BCUT2D eigenvalue weighted by Gasteiger charge is 2.29. The smallest absolute Gasteiger partial charge is 0.123 e. The molecule has 2 aromatic rings. The second-order valence-electron chi connectivity index (χ2n) is 5.62. The number of aliphatic hydroxyl groups is 1. The van der Waals surface area contributed by atoms with Crippen molar-refractivity contribution in [1.29, 1.82) is 0 Å². The summed E-state index contributed by atoms with van der Waals surface area (Å²) in [6.45, 7) is 1.96. The Morgan fingerprint density at radius 1 is 1.09 bits per heavy atom. The van der Waals surface area contributed by atoms with Crippen LogP contribution in [0.2, 0.25) is 0 Å². The Labute approximate surface area is 130 Å². The van der Waals surface area contributed by atoms with Crippen molar-refractivity contribution < 1.29 is 14.2 Å². The van der Waals surface area contributed by atoms with Crippen molar-refractivity contribution in [3.63, 3.8) is 0 Å². The minimum absolute atomic E-state index is 0.0153. The number of hydrogen-bond donors (Lipinski definition) is 1. The van der Waals surface area contributed by atoms with Crippen LogP contribution < -0.4 is 0 Å². The Hall–Kier alpha value is -1.75. The molecule has 1 N–H and O–H groups in total. The predicted molar refractivity (Wildman–Crippen MR) is 82.8 cm³/mol. The summed E-state index contributed by atoms with van der Waals surface area (Å²) in [5, 5.41) is 9.37. The molecule has 2 aromatic carbocycles. The van der Waals surface area contributed by atoms with Crippen LogP contribution in [0, 0.1) is 5.82 Å². The van der Waals surface area contributed by atoms with Gasteiger partial charge in [0.15, 0.2) is 0 Å². The van der Waals surface area contributed by atoms with Crippen molar-refractivity contribution in [2.75, 3.05) is 19.8 Å². The van der Waals surface area contributed by atoms with Crippen molar-refractivity contribution in [3.8, 4) is 0 Å². The van der Waals surface area contributed by atoms with Crippen LogP contribution in [0.3, 0.4) is 0 Å². The van der Waals surface area contributed by atoms with E-state index < -0.39 is 0 Å². The minimum Gasteiger partial charge on any atom is -0.394 e. The van der Waals surface area contributed by atoms with Crippen LogP contribution >= 0.6 is 0 Å². The summed E-state index contributed by atoms with van der Waals surface area (Å²) >= 11 is 0. The molecule has 0 bridgehead atoms. The Morgan fingerprint density at radius 2 is 1.82 bits per heavy atom. The van der Waals surface area contributed by atoms with Crippen LogP contribution in [0.25, 0.3) is 0 Å². The fraction of sp³-hybridized carbons (Fsp3) is 0.333. The molecule has 2 atom stereocenters. The van der Waals surface area contributed by atoms with Crippen molar-refractivity contribution in [2.45, 2.75) is 18.7 Å². The molecule has 1 fully saturated rings. The van der Waals surface area contributed by atoms with E-state index >= 15 is 0 Å². The number of nitrogens with zero attached hydrogens (tertiary/aromatic N) is 1. The highest BCUT2D eigenvalue weighted by Crippen LogP contribution is 2.28. The number of ether oxygens (including phenoxy) is 1. The van der Waals surface area contributed by atoms with Crippen LogP contribution in [0.15, 0.2) is 54.6 Å². The number of aliphatic hydroxyl groups excluding tert-OH is 1. The lowest BCUT2D eigenvalue weighted by atomic mass is 10.0. The van der Waals surface area contributed by atoms with Gasteiger partial charge in [0.25, 0.3) is 0 Å². The van der Waals surface area contributed by atoms with Crippen molar-refractivity contribution in [2.24, 2.45) is 0 Å². The predicted octanol–water partition coefficient (Wildman–Crippen LogP) is 2.76. The molecular formula is C18H20FNO2. The third-order valence-corrected chi connectivity index (χ3v) is 4.06. The SMILES string of the molecule is OCC1CN(Cc2ccccc2)C(c2ccc(F)cc2)CO1. The second-order valence-corrected chi connectivity index (χ2v) is 5.62. The van der Waals surface area contributed by atoms with Gasteiger partial charge in [-0.15, -0.1) is 0 Å². The normalized spacial score (nSPS) is 22.6. The van der Waals surface area contributed by atoms with E-state index in [4.69, 9.17) is 4.74 Å². The molecule has 3 rings (SSSR count). The maximum atomic E-state index is 13.1. The largest absolute Gasteiger partial charge is 0.394 e. The van der Waals surface area contributed by atoms with E-state index in [-0.39, 0.29) is 24.6 Å². The molecule has 1 aliphatic heterocycles. The Morgan fingerprint density at radius 3 is 2.50 bits per heavy atom. The van der Waals surface area contributed by atoms with E-state index in [2.05, 4.69) is 17.0 Å². The van der Waals surface area contributed by atoms with Gasteiger partial charge in [-0.3, -0.25) is 4.90 Å². The molecular weight excluding hydrogens is 281 g/mol. The van der Waals surface area contributed by atoms with Crippen LogP contribution in [-0.2, 0) is 11.3 Å². The molecule has 1 aliphatic rings. The molecule has 0 saturated carbocycles. The average Bonchev–Trinajstić information content (AvgIpc) is 2.57. The molecule has 3 nitrogen and oxygen atoms in total. The Bertz CT molecular complexity index is 588. The second kappa shape index (κ2) is 7.01. The van der Waals surface area contributed by atoms with E-state index in [0.29, 0.717) is 13.2 Å². The monoisotopic (exact) mass is 301 g/mol. The van der Waals surface area contributed by atoms with Crippen molar-refractivity contribution in [1.82, 2.24) is 4.90 Å². The van der Waals surface area contributed by atoms with Gasteiger partial charge >= 0.3 is 0 Å². The first-order chi connectivity index (χ1) is 10.8. The number of rotatable bonds is 4. The third-order valence-electron chi connectivity index (χ3n) is 4.06. The molecule has 4 heteroatoms. The molecule has 0 spiro atoms. The maximum Gasteiger partial charge on any atom is 0.123 e. The lowest BCUT2D eigenvalue weighted by Gasteiger charge is -2.39. The zero-order valence-electron chi connectivity index (χ0n) is 12.4. The van der Waals surface area contributed by atoms with E-state index in [0.717, 1.165) is 12.1 Å². The maximum absolute atomic E-state index is 13.1. The standard InChI is InChI=1S/C18H20FNO2/c19-16-8-6-15(7-9-16)18-13-22-17(12-21)11-20(18)10-14-4-2-1-3-5-14/h1-9,17-18,21H,10-13H2. The summed E-state index contributed by atoms with van der Waals surface area (Å²) in [4.78, 5) is 2.28. The molecule has 0 amide bonds. The molecule has 1 heterocycles. The summed E-state index contributed by atoms with van der Waals surface area (Å²) in [6, 6.07) is 16.9. The molecule has 0 radical (unpaired) electrons. The highest BCUT2D eigenvalue weighted by atomic mass is 19.1. The zero-order valence-corrected chi connectivity index (χ0v) is 12.4. The molecule has 116 valence electrons. The number of morpholine rings is 1. The van der Waals surface area contributed by atoms with Crippen LogP contribution in [0.5, 0.6) is 0 Å². The van der Waals surface area contributed by atoms with Crippen molar-refractivity contribution >= 4 is 0 Å². The molecule has 2 unspecified atom stereocenters. The van der Waals surface area contributed by atoms with E-state index in [1.165, 1.54) is 17.7 Å². The van der Waals surface area contributed by atoms with Gasteiger partial charge in [0.2, 0.25) is 0 Å². The fourth-order valence-electron chi connectivity index (χ4n) is 2.87. The molecule has 22 heavy (non-hydrogen) atoms. The van der Waals surface area contributed by atoms with E-state index in [1.807, 2.05) is 18.2 Å². The van der Waals surface area contributed by atoms with E-state index in [1.54, 1.807) is 12.1 Å². The average molecular weight is 301 g/mol. The Kier molecular flexibility index (Phi) is 4.83. The summed E-state index contributed by atoms with van der Waals surface area (Å²) in [5.74, 6) is -0.233. The zero-order chi connectivity index (χ0) is 15.4. The first kappa shape index (κ1) is 15.2. The fourth-order valence-corrected chi connectivity index (χ4v) is 2.87. The lowest BCUT2D eigenvalue weighted by Crippen LogP contribution is -2.45. The number of benzene rings is 2. The molecule has 1 saturated heterocycles. The van der Waals surface area contributed by atoms with Gasteiger partial charge in [-0.1, -0.05) is 42.5 Å². The van der Waals surface area contributed by atoms with E-state index in [9.17, 15) is 9.50 Å². The highest BCUT2D eigenvalue weighted by molar-refractivity contribution is 5.22. The van der Waals surface area contributed by atoms with Gasteiger partial charge in [0, 0.05) is 13.1 Å². The first-order valence-corrected chi connectivity index (χ1v) is 7.52. The van der Waals surface area contributed by atoms with Crippen molar-refractivity contribution in [3.05, 3.63) is 71.5 Å². The number of hydrogen-bond acceptors (Lipinski definition) is 3. The van der Waals surface area contributed by atoms with Gasteiger partial charge in [-0.05, 0) is 23.3 Å². The summed E-state index contributed by atoms with van der Waals surface area (Å²) in [5.41, 5.74) is 2.25. The number of halogens is 1. The quantitative estimate of drug-likeness (QED) is 0.942. The summed E-state index contributed by atoms with van der Waals surface area (Å²) in [7, 11) is 0. The van der Waals surface area contributed by atoms with Crippen LogP contribution in [0.1, 0.15) is 17.2 Å². The topological polar surface area (TPSA) is 32.7 Å². The van der Waals surface area contributed by atoms with Gasteiger partial charge in [-0.25, -0.2) is 4.39 Å². The molecule has 0 aliphatic carbocycles. The summed E-state index contributed by atoms with van der Waals surface area (Å²) < 4.78 is 18.8. The van der Waals surface area contributed by atoms with Gasteiger partial charge in [0.05, 0.1) is 25.4 Å². The first-order valence-electron chi connectivity index (χ1n) is 7.52. The van der Waals surface area contributed by atoms with Crippen LogP contribution in [-0.4, -0.2) is 35.9 Å². The van der Waals surface area contributed by atoms with Crippen LogP contribution in [0.4, 0.5) is 4.39 Å². The van der Waals surface area contributed by atoms with Gasteiger partial charge in [-0.2, -0.15) is 0 Å². The lowest BCUT2D eigenvalue weighted by molar-refractivity contribution is -0.0866. The third kappa shape index (κ3) is 3.53. The van der Waals surface area contributed by atoms with Gasteiger partial charge in [0.1, 0.15) is 5.82 Å². The Balaban J connectivity index is 1.81.